The van der Waals surface area contributed by atoms with E-state index in [1.807, 2.05) is 44.2 Å². The number of carbonyl (C=O) groups excluding carboxylic acids is 2. The Labute approximate surface area is 119 Å². The Morgan fingerprint density at radius 2 is 1.85 bits per heavy atom. The fourth-order valence-electron chi connectivity index (χ4n) is 1.87. The molecule has 0 aliphatic rings. The highest BCUT2D eigenvalue weighted by molar-refractivity contribution is 5.86. The molecule has 0 aliphatic heterocycles. The Balaban J connectivity index is 2.45. The maximum atomic E-state index is 12.0. The summed E-state index contributed by atoms with van der Waals surface area (Å²) in [4.78, 5) is 23.5. The average molecular weight is 277 g/mol. The van der Waals surface area contributed by atoms with Crippen LogP contribution in [-0.2, 0) is 16.0 Å². The van der Waals surface area contributed by atoms with Crippen molar-refractivity contribution in [2.45, 2.75) is 26.3 Å². The first-order valence-electron chi connectivity index (χ1n) is 6.84. The van der Waals surface area contributed by atoms with E-state index in [1.165, 1.54) is 0 Å². The van der Waals surface area contributed by atoms with Crippen LogP contribution in [0.3, 0.4) is 0 Å². The molecule has 0 radical (unpaired) electrons. The number of amides is 2. The third-order valence-corrected chi connectivity index (χ3v) is 2.85. The number of nitrogens with one attached hydrogen (secondary N) is 2. The van der Waals surface area contributed by atoms with Crippen molar-refractivity contribution in [3.63, 3.8) is 0 Å². The van der Waals surface area contributed by atoms with Crippen LogP contribution in [-0.4, -0.2) is 30.9 Å². The molecule has 2 amide bonds. The molecule has 1 atom stereocenters. The lowest BCUT2D eigenvalue weighted by Gasteiger charge is -2.15. The third-order valence-electron chi connectivity index (χ3n) is 2.85. The lowest BCUT2D eigenvalue weighted by atomic mass is 9.98. The molecule has 4 N–H and O–H groups in total. The van der Waals surface area contributed by atoms with Crippen molar-refractivity contribution in [1.82, 2.24) is 10.6 Å². The minimum absolute atomic E-state index is 0.0116. The molecular weight excluding hydrogens is 254 g/mol. The van der Waals surface area contributed by atoms with E-state index in [9.17, 15) is 9.59 Å². The summed E-state index contributed by atoms with van der Waals surface area (Å²) < 4.78 is 0. The topological polar surface area (TPSA) is 84.2 Å². The van der Waals surface area contributed by atoms with Gasteiger partial charge >= 0.3 is 0 Å². The standard InChI is InChI=1S/C15H23N3O2/c1-11(2)18-14(19)10-17-15(20)13(9-16)8-12-6-4-3-5-7-12/h3-7,11,13H,8-10,16H2,1-2H3,(H,17,20)(H,18,19). The Morgan fingerprint density at radius 3 is 2.40 bits per heavy atom. The Morgan fingerprint density at radius 1 is 1.20 bits per heavy atom. The largest absolute Gasteiger partial charge is 0.352 e. The number of carbonyl (C=O) groups is 2. The normalized spacial score (nSPS) is 12.0. The van der Waals surface area contributed by atoms with E-state index in [0.717, 1.165) is 5.56 Å². The predicted octanol–water partition coefficient (Wildman–Crippen LogP) is 0.445. The van der Waals surface area contributed by atoms with Gasteiger partial charge in [0.05, 0.1) is 12.5 Å². The minimum Gasteiger partial charge on any atom is -0.352 e. The van der Waals surface area contributed by atoms with Crippen LogP contribution in [0.25, 0.3) is 0 Å². The van der Waals surface area contributed by atoms with Gasteiger partial charge in [-0.05, 0) is 25.8 Å². The number of hydrogen-bond acceptors (Lipinski definition) is 3. The molecule has 0 aromatic heterocycles. The molecule has 0 saturated heterocycles. The van der Waals surface area contributed by atoms with Crippen LogP contribution in [0.15, 0.2) is 30.3 Å². The highest BCUT2D eigenvalue weighted by Gasteiger charge is 2.18. The van der Waals surface area contributed by atoms with Crippen molar-refractivity contribution in [1.29, 1.82) is 0 Å². The van der Waals surface area contributed by atoms with Crippen LogP contribution in [0, 0.1) is 5.92 Å². The zero-order chi connectivity index (χ0) is 15.0. The van der Waals surface area contributed by atoms with Gasteiger partial charge in [-0.25, -0.2) is 0 Å². The number of hydrogen-bond donors (Lipinski definition) is 3. The van der Waals surface area contributed by atoms with Crippen molar-refractivity contribution in [3.8, 4) is 0 Å². The molecule has 0 spiro atoms. The number of benzene rings is 1. The van der Waals surface area contributed by atoms with Crippen LogP contribution >= 0.6 is 0 Å². The molecule has 1 unspecified atom stereocenters. The summed E-state index contributed by atoms with van der Waals surface area (Å²) >= 11 is 0. The Hall–Kier alpha value is -1.88. The summed E-state index contributed by atoms with van der Waals surface area (Å²) in [5.41, 5.74) is 6.71. The number of rotatable bonds is 7. The van der Waals surface area contributed by atoms with Crippen LogP contribution < -0.4 is 16.4 Å². The molecule has 5 nitrogen and oxygen atoms in total. The van der Waals surface area contributed by atoms with E-state index in [4.69, 9.17) is 5.73 Å². The Kier molecular flexibility index (Phi) is 6.73. The van der Waals surface area contributed by atoms with Gasteiger partial charge in [-0.3, -0.25) is 9.59 Å². The molecule has 1 aromatic rings. The second-order valence-corrected chi connectivity index (χ2v) is 5.06. The lowest BCUT2D eigenvalue weighted by molar-refractivity contribution is -0.128. The van der Waals surface area contributed by atoms with Gasteiger partial charge in [-0.2, -0.15) is 0 Å². The summed E-state index contributed by atoms with van der Waals surface area (Å²) in [5.74, 6) is -0.691. The SMILES string of the molecule is CC(C)NC(=O)CNC(=O)C(CN)Cc1ccccc1. The lowest BCUT2D eigenvalue weighted by Crippen LogP contribution is -2.43. The van der Waals surface area contributed by atoms with E-state index in [0.29, 0.717) is 6.42 Å². The maximum Gasteiger partial charge on any atom is 0.239 e. The van der Waals surface area contributed by atoms with Gasteiger partial charge in [0.1, 0.15) is 0 Å². The first-order valence-corrected chi connectivity index (χ1v) is 6.84. The summed E-state index contributed by atoms with van der Waals surface area (Å²) in [7, 11) is 0. The second-order valence-electron chi connectivity index (χ2n) is 5.06. The molecule has 0 saturated carbocycles. The van der Waals surface area contributed by atoms with Gasteiger partial charge in [-0.1, -0.05) is 30.3 Å². The summed E-state index contributed by atoms with van der Waals surface area (Å²) in [5, 5.41) is 5.35. The molecule has 0 aliphatic carbocycles. The minimum atomic E-state index is -0.316. The monoisotopic (exact) mass is 277 g/mol. The average Bonchev–Trinajstić information content (AvgIpc) is 2.42. The van der Waals surface area contributed by atoms with E-state index in [-0.39, 0.29) is 36.9 Å². The molecule has 5 heteroatoms. The smallest absolute Gasteiger partial charge is 0.239 e. The van der Waals surface area contributed by atoms with Crippen LogP contribution in [0.5, 0.6) is 0 Å². The second kappa shape index (κ2) is 8.32. The first-order chi connectivity index (χ1) is 9.52. The highest BCUT2D eigenvalue weighted by Crippen LogP contribution is 2.07. The molecule has 0 fully saturated rings. The van der Waals surface area contributed by atoms with Gasteiger partial charge in [0, 0.05) is 12.6 Å². The van der Waals surface area contributed by atoms with Gasteiger partial charge in [0.2, 0.25) is 11.8 Å². The third kappa shape index (κ3) is 5.84. The first kappa shape index (κ1) is 16.2. The molecule has 20 heavy (non-hydrogen) atoms. The summed E-state index contributed by atoms with van der Waals surface area (Å²) in [6.45, 7) is 3.99. The van der Waals surface area contributed by atoms with Gasteiger partial charge in [-0.15, -0.1) is 0 Å². The predicted molar refractivity (Wildman–Crippen MR) is 79.0 cm³/mol. The molecular formula is C15H23N3O2. The molecule has 110 valence electrons. The van der Waals surface area contributed by atoms with Crippen LogP contribution in [0.2, 0.25) is 0 Å². The van der Waals surface area contributed by atoms with E-state index < -0.39 is 0 Å². The molecule has 0 heterocycles. The Bertz CT molecular complexity index is 432. The fraction of sp³-hybridized carbons (Fsp3) is 0.467. The molecule has 0 bridgehead atoms. The van der Waals surface area contributed by atoms with Crippen molar-refractivity contribution >= 4 is 11.8 Å². The van der Waals surface area contributed by atoms with Crippen molar-refractivity contribution < 1.29 is 9.59 Å². The quantitative estimate of drug-likeness (QED) is 0.676. The van der Waals surface area contributed by atoms with E-state index in [1.54, 1.807) is 0 Å². The summed E-state index contributed by atoms with van der Waals surface area (Å²) in [6.07, 6.45) is 0.578. The van der Waals surface area contributed by atoms with Crippen molar-refractivity contribution in [2.24, 2.45) is 11.7 Å². The fourth-order valence-corrected chi connectivity index (χ4v) is 1.87. The molecule has 1 rings (SSSR count). The van der Waals surface area contributed by atoms with E-state index in [2.05, 4.69) is 10.6 Å². The summed E-state index contributed by atoms with van der Waals surface area (Å²) in [6, 6.07) is 9.77. The van der Waals surface area contributed by atoms with Crippen molar-refractivity contribution in [3.05, 3.63) is 35.9 Å². The highest BCUT2D eigenvalue weighted by atomic mass is 16.2. The zero-order valence-corrected chi connectivity index (χ0v) is 12.1. The van der Waals surface area contributed by atoms with Gasteiger partial charge in [0.15, 0.2) is 0 Å². The van der Waals surface area contributed by atoms with Gasteiger partial charge in [0.25, 0.3) is 0 Å². The van der Waals surface area contributed by atoms with Gasteiger partial charge < -0.3 is 16.4 Å². The van der Waals surface area contributed by atoms with E-state index >= 15 is 0 Å². The maximum absolute atomic E-state index is 12.0. The zero-order valence-electron chi connectivity index (χ0n) is 12.1. The van der Waals surface area contributed by atoms with Crippen LogP contribution in [0.4, 0.5) is 0 Å². The number of nitrogens with two attached hydrogens (primary N) is 1. The van der Waals surface area contributed by atoms with Crippen molar-refractivity contribution in [2.75, 3.05) is 13.1 Å². The van der Waals surface area contributed by atoms with Crippen LogP contribution in [0.1, 0.15) is 19.4 Å². The molecule has 1 aromatic carbocycles.